The highest BCUT2D eigenvalue weighted by Gasteiger charge is 2.20. The Balaban J connectivity index is 1.76. The van der Waals surface area contributed by atoms with Gasteiger partial charge in [-0.1, -0.05) is 30.3 Å². The second-order valence-electron chi connectivity index (χ2n) is 8.26. The summed E-state index contributed by atoms with van der Waals surface area (Å²) in [4.78, 5) is 24.4. The number of ether oxygens (including phenoxy) is 2. The topological polar surface area (TPSA) is 77.8 Å². The van der Waals surface area contributed by atoms with Gasteiger partial charge in [-0.05, 0) is 50.6 Å². The number of hydrogen-bond donors (Lipinski definition) is 1. The highest BCUT2D eigenvalue weighted by molar-refractivity contribution is 6.06. The minimum absolute atomic E-state index is 0.0627. The first-order valence-corrected chi connectivity index (χ1v) is 11.2. The van der Waals surface area contributed by atoms with E-state index in [4.69, 9.17) is 13.9 Å². The van der Waals surface area contributed by atoms with Gasteiger partial charge in [0.05, 0.1) is 20.5 Å². The second kappa shape index (κ2) is 9.89. The van der Waals surface area contributed by atoms with Crippen molar-refractivity contribution >= 4 is 33.9 Å². The fraction of sp³-hybridized carbons (Fsp3) is 0.172. The predicted molar refractivity (Wildman–Crippen MR) is 138 cm³/mol. The number of ketones is 1. The summed E-state index contributed by atoms with van der Waals surface area (Å²) in [6.07, 6.45) is 3.24. The van der Waals surface area contributed by atoms with E-state index in [-0.39, 0.29) is 11.7 Å². The first-order valence-electron chi connectivity index (χ1n) is 11.2. The van der Waals surface area contributed by atoms with E-state index in [0.717, 1.165) is 39.0 Å². The number of benzene rings is 3. The third kappa shape index (κ3) is 4.68. The Bertz CT molecular complexity index is 1460. The summed E-state index contributed by atoms with van der Waals surface area (Å²) in [6.45, 7) is 5.28. The third-order valence-electron chi connectivity index (χ3n) is 5.95. The number of nitrogens with one attached hydrogen (secondary N) is 1. The number of allylic oxidation sites excluding steroid dienone is 1. The minimum Gasteiger partial charge on any atom is -0.496 e. The molecule has 1 N–H and O–H groups in total. The van der Waals surface area contributed by atoms with Crippen LogP contribution in [0.5, 0.6) is 11.5 Å². The molecule has 3 aromatic carbocycles. The molecule has 35 heavy (non-hydrogen) atoms. The van der Waals surface area contributed by atoms with Gasteiger partial charge in [0.1, 0.15) is 17.1 Å². The van der Waals surface area contributed by atoms with Gasteiger partial charge in [-0.2, -0.15) is 0 Å². The molecular formula is C29H27NO5. The zero-order valence-electron chi connectivity index (χ0n) is 20.4. The zero-order chi connectivity index (χ0) is 25.1. The van der Waals surface area contributed by atoms with Crippen LogP contribution < -0.4 is 14.8 Å². The van der Waals surface area contributed by atoms with Crippen LogP contribution in [0, 0.1) is 6.92 Å². The summed E-state index contributed by atoms with van der Waals surface area (Å²) in [5, 5.41) is 3.72. The van der Waals surface area contributed by atoms with Gasteiger partial charge in [-0.15, -0.1) is 0 Å². The largest absolute Gasteiger partial charge is 0.496 e. The van der Waals surface area contributed by atoms with Crippen molar-refractivity contribution in [3.8, 4) is 22.6 Å². The molecule has 0 radical (unpaired) electrons. The molecule has 0 atom stereocenters. The Kier molecular flexibility index (Phi) is 6.73. The van der Waals surface area contributed by atoms with E-state index < -0.39 is 0 Å². The standard InChI is InChI=1S/C29H27NO5/c1-17(13-27(32)30-21-10-8-9-20(14-21)19(3)31)23-15-24-25(22-11-6-7-12-26(22)33-4)16-35-29(24)18(2)28(23)34-5/h6-16H,1-5H3,(H,30,32)/b17-13+. The van der Waals surface area contributed by atoms with E-state index >= 15 is 0 Å². The summed E-state index contributed by atoms with van der Waals surface area (Å²) in [6, 6.07) is 16.6. The predicted octanol–water partition coefficient (Wildman–Crippen LogP) is 6.67. The quantitative estimate of drug-likeness (QED) is 0.242. The molecule has 0 fully saturated rings. The van der Waals surface area contributed by atoms with Crippen LogP contribution in [0.2, 0.25) is 0 Å². The molecule has 4 aromatic rings. The lowest BCUT2D eigenvalue weighted by molar-refractivity contribution is -0.111. The van der Waals surface area contributed by atoms with E-state index in [0.29, 0.717) is 22.6 Å². The van der Waals surface area contributed by atoms with Crippen LogP contribution >= 0.6 is 0 Å². The molecule has 0 unspecified atom stereocenters. The number of Topliss-reactive ketones (excluding diaryl/α,β-unsaturated/α-hetero) is 1. The number of anilines is 1. The fourth-order valence-electron chi connectivity index (χ4n) is 4.22. The highest BCUT2D eigenvalue weighted by Crippen LogP contribution is 2.42. The van der Waals surface area contributed by atoms with Crippen molar-refractivity contribution in [1.29, 1.82) is 0 Å². The first-order chi connectivity index (χ1) is 16.8. The Hall–Kier alpha value is -4.32. The lowest BCUT2D eigenvalue weighted by Crippen LogP contribution is -2.09. The molecule has 1 heterocycles. The van der Waals surface area contributed by atoms with Crippen molar-refractivity contribution in [3.05, 3.63) is 83.6 Å². The average Bonchev–Trinajstić information content (AvgIpc) is 3.28. The summed E-state index contributed by atoms with van der Waals surface area (Å²) in [5.74, 6) is 1.01. The molecule has 6 heteroatoms. The maximum atomic E-state index is 12.8. The van der Waals surface area contributed by atoms with Gasteiger partial charge in [0.2, 0.25) is 5.91 Å². The van der Waals surface area contributed by atoms with E-state index in [1.54, 1.807) is 44.7 Å². The molecule has 0 spiro atoms. The van der Waals surface area contributed by atoms with Crippen LogP contribution in [-0.4, -0.2) is 25.9 Å². The number of para-hydroxylation sites is 1. The number of furan rings is 1. The maximum Gasteiger partial charge on any atom is 0.248 e. The van der Waals surface area contributed by atoms with Crippen LogP contribution in [0.1, 0.15) is 35.3 Å². The Morgan fingerprint density at radius 2 is 1.71 bits per heavy atom. The molecule has 1 aromatic heterocycles. The van der Waals surface area contributed by atoms with Crippen LogP contribution in [-0.2, 0) is 4.79 Å². The molecular weight excluding hydrogens is 442 g/mol. The number of hydrogen-bond acceptors (Lipinski definition) is 5. The Morgan fingerprint density at radius 1 is 0.943 bits per heavy atom. The van der Waals surface area contributed by atoms with E-state index in [1.807, 2.05) is 44.2 Å². The van der Waals surface area contributed by atoms with Gasteiger partial charge in [0.15, 0.2) is 5.78 Å². The summed E-state index contributed by atoms with van der Waals surface area (Å²) >= 11 is 0. The highest BCUT2D eigenvalue weighted by atomic mass is 16.5. The van der Waals surface area contributed by atoms with Crippen molar-refractivity contribution in [2.24, 2.45) is 0 Å². The number of methoxy groups -OCH3 is 2. The molecule has 0 saturated carbocycles. The monoisotopic (exact) mass is 469 g/mol. The first kappa shape index (κ1) is 23.8. The van der Waals surface area contributed by atoms with Crippen LogP contribution in [0.3, 0.4) is 0 Å². The average molecular weight is 470 g/mol. The van der Waals surface area contributed by atoms with Gasteiger partial charge in [0.25, 0.3) is 0 Å². The normalized spacial score (nSPS) is 11.4. The molecule has 0 aliphatic heterocycles. The lowest BCUT2D eigenvalue weighted by atomic mass is 9.96. The zero-order valence-corrected chi connectivity index (χ0v) is 20.4. The smallest absolute Gasteiger partial charge is 0.248 e. The summed E-state index contributed by atoms with van der Waals surface area (Å²) < 4.78 is 17.2. The SMILES string of the molecule is COc1ccccc1-c1coc2c(C)c(OC)c(/C(C)=C/C(=O)Nc3cccc(C(C)=O)c3)cc12. The van der Waals surface area contributed by atoms with E-state index in [9.17, 15) is 9.59 Å². The van der Waals surface area contributed by atoms with Crippen molar-refractivity contribution in [2.75, 3.05) is 19.5 Å². The third-order valence-corrected chi connectivity index (χ3v) is 5.95. The number of aryl methyl sites for hydroxylation is 1. The van der Waals surface area contributed by atoms with Crippen molar-refractivity contribution in [3.63, 3.8) is 0 Å². The van der Waals surface area contributed by atoms with Gasteiger partial charge < -0.3 is 19.2 Å². The maximum absolute atomic E-state index is 12.8. The minimum atomic E-state index is -0.305. The number of carbonyl (C=O) groups is 2. The molecule has 0 bridgehead atoms. The number of carbonyl (C=O) groups excluding carboxylic acids is 2. The van der Waals surface area contributed by atoms with E-state index in [2.05, 4.69) is 5.32 Å². The molecule has 0 saturated heterocycles. The number of fused-ring (bicyclic) bond motifs is 1. The van der Waals surface area contributed by atoms with Crippen LogP contribution in [0.15, 0.2) is 71.4 Å². The van der Waals surface area contributed by atoms with Gasteiger partial charge in [-0.25, -0.2) is 0 Å². The number of rotatable bonds is 7. The molecule has 1 amide bonds. The molecule has 6 nitrogen and oxygen atoms in total. The summed E-state index contributed by atoms with van der Waals surface area (Å²) in [7, 11) is 3.24. The second-order valence-corrected chi connectivity index (χ2v) is 8.26. The lowest BCUT2D eigenvalue weighted by Gasteiger charge is -2.14. The van der Waals surface area contributed by atoms with Gasteiger partial charge >= 0.3 is 0 Å². The molecule has 4 rings (SSSR count). The Morgan fingerprint density at radius 3 is 2.43 bits per heavy atom. The fourth-order valence-corrected chi connectivity index (χ4v) is 4.22. The number of amides is 1. The van der Waals surface area contributed by atoms with E-state index in [1.165, 1.54) is 13.0 Å². The van der Waals surface area contributed by atoms with Crippen molar-refractivity contribution < 1.29 is 23.5 Å². The Labute approximate surface area is 204 Å². The molecule has 0 aliphatic rings. The van der Waals surface area contributed by atoms with Crippen LogP contribution in [0.4, 0.5) is 5.69 Å². The molecule has 178 valence electrons. The van der Waals surface area contributed by atoms with Crippen molar-refractivity contribution in [2.45, 2.75) is 20.8 Å². The molecule has 0 aliphatic carbocycles. The summed E-state index contributed by atoms with van der Waals surface area (Å²) in [5.41, 5.74) is 5.95. The van der Waals surface area contributed by atoms with Crippen molar-refractivity contribution in [1.82, 2.24) is 0 Å². The van der Waals surface area contributed by atoms with Crippen LogP contribution in [0.25, 0.3) is 27.7 Å². The van der Waals surface area contributed by atoms with Gasteiger partial charge in [0, 0.05) is 45.0 Å². The van der Waals surface area contributed by atoms with Gasteiger partial charge in [-0.3, -0.25) is 9.59 Å².